The van der Waals surface area contributed by atoms with Gasteiger partial charge in [-0.3, -0.25) is 9.59 Å². The quantitative estimate of drug-likeness (QED) is 0.450. The summed E-state index contributed by atoms with van der Waals surface area (Å²) >= 11 is 0. The minimum atomic E-state index is -0.724. The number of esters is 1. The molecule has 1 N–H and O–H groups in total. The molecule has 1 aliphatic carbocycles. The van der Waals surface area contributed by atoms with Crippen molar-refractivity contribution in [1.29, 1.82) is 0 Å². The third kappa shape index (κ3) is 3.86. The second-order valence-electron chi connectivity index (χ2n) is 4.73. The van der Waals surface area contributed by atoms with Crippen molar-refractivity contribution in [3.8, 4) is 0 Å². The van der Waals surface area contributed by atoms with Crippen LogP contribution in [-0.4, -0.2) is 23.5 Å². The molecular formula is C14H22O4. The van der Waals surface area contributed by atoms with E-state index in [2.05, 4.69) is 6.92 Å². The van der Waals surface area contributed by atoms with Gasteiger partial charge in [0.05, 0.1) is 12.4 Å². The molecular weight excluding hydrogens is 232 g/mol. The van der Waals surface area contributed by atoms with Crippen LogP contribution in [0.15, 0.2) is 11.8 Å². The van der Waals surface area contributed by atoms with E-state index in [1.807, 2.05) is 0 Å². The fraction of sp³-hybridized carbons (Fsp3) is 0.714. The average Bonchev–Trinajstić information content (AvgIpc) is 2.28. The van der Waals surface area contributed by atoms with Crippen LogP contribution in [0.2, 0.25) is 0 Å². The summed E-state index contributed by atoms with van der Waals surface area (Å²) in [5.74, 6) is -1.53. The Morgan fingerprint density at radius 3 is 2.78 bits per heavy atom. The first-order valence-corrected chi connectivity index (χ1v) is 6.70. The molecule has 1 rings (SSSR count). The lowest BCUT2D eigenvalue weighted by molar-refractivity contribution is -0.153. The van der Waals surface area contributed by atoms with Crippen molar-refractivity contribution in [1.82, 2.24) is 0 Å². The molecule has 0 amide bonds. The van der Waals surface area contributed by atoms with E-state index in [1.165, 1.54) is 0 Å². The molecule has 0 aromatic heterocycles. The third-order valence-corrected chi connectivity index (χ3v) is 3.28. The Bertz CT molecular complexity index is 333. The van der Waals surface area contributed by atoms with Gasteiger partial charge in [0.15, 0.2) is 5.78 Å². The molecule has 0 spiro atoms. The lowest BCUT2D eigenvalue weighted by Gasteiger charge is -2.26. The largest absolute Gasteiger partial charge is 0.512 e. The Labute approximate surface area is 108 Å². The summed E-state index contributed by atoms with van der Waals surface area (Å²) in [7, 11) is 0. The molecule has 4 heteroatoms. The van der Waals surface area contributed by atoms with Gasteiger partial charge in [0.2, 0.25) is 0 Å². The van der Waals surface area contributed by atoms with Crippen LogP contribution >= 0.6 is 0 Å². The van der Waals surface area contributed by atoms with Crippen molar-refractivity contribution in [3.05, 3.63) is 11.8 Å². The number of carbonyl (C=O) groups excluding carboxylic acids is 2. The molecule has 4 nitrogen and oxygen atoms in total. The monoisotopic (exact) mass is 254 g/mol. The van der Waals surface area contributed by atoms with E-state index in [0.29, 0.717) is 6.42 Å². The summed E-state index contributed by atoms with van der Waals surface area (Å²) in [5.41, 5.74) is 0. The highest BCUT2D eigenvalue weighted by Crippen LogP contribution is 2.31. The highest BCUT2D eigenvalue weighted by Gasteiger charge is 2.38. The van der Waals surface area contributed by atoms with Gasteiger partial charge in [-0.25, -0.2) is 0 Å². The van der Waals surface area contributed by atoms with Gasteiger partial charge in [-0.2, -0.15) is 0 Å². The van der Waals surface area contributed by atoms with Crippen LogP contribution in [0.3, 0.4) is 0 Å². The smallest absolute Gasteiger partial charge is 0.317 e. The Balaban J connectivity index is 2.72. The van der Waals surface area contributed by atoms with E-state index < -0.39 is 11.9 Å². The number of hydrogen-bond donors (Lipinski definition) is 1. The molecule has 1 aliphatic rings. The van der Waals surface area contributed by atoms with Gasteiger partial charge in [0, 0.05) is 12.5 Å². The molecule has 2 unspecified atom stereocenters. The SMILES string of the molecule is CCCCCC1CC(O)=CC(=O)C1C(=O)OCC. The average molecular weight is 254 g/mol. The Morgan fingerprint density at radius 1 is 1.44 bits per heavy atom. The van der Waals surface area contributed by atoms with Gasteiger partial charge in [-0.05, 0) is 19.3 Å². The number of ether oxygens (including phenoxy) is 1. The maximum absolute atomic E-state index is 11.8. The van der Waals surface area contributed by atoms with E-state index in [1.54, 1.807) is 6.92 Å². The second-order valence-corrected chi connectivity index (χ2v) is 4.73. The predicted molar refractivity (Wildman–Crippen MR) is 68.1 cm³/mol. The molecule has 0 heterocycles. The van der Waals surface area contributed by atoms with Gasteiger partial charge in [0.1, 0.15) is 5.92 Å². The second kappa shape index (κ2) is 7.19. The molecule has 0 fully saturated rings. The zero-order valence-corrected chi connectivity index (χ0v) is 11.1. The van der Waals surface area contributed by atoms with Crippen LogP contribution < -0.4 is 0 Å². The molecule has 0 radical (unpaired) electrons. The summed E-state index contributed by atoms with van der Waals surface area (Å²) in [6.07, 6.45) is 5.48. The Hall–Kier alpha value is -1.32. The van der Waals surface area contributed by atoms with Crippen LogP contribution in [0, 0.1) is 11.8 Å². The van der Waals surface area contributed by atoms with Gasteiger partial charge < -0.3 is 9.84 Å². The molecule has 0 aromatic rings. The molecule has 0 bridgehead atoms. The Kier molecular flexibility index (Phi) is 5.89. The highest BCUT2D eigenvalue weighted by atomic mass is 16.5. The van der Waals surface area contributed by atoms with Crippen molar-refractivity contribution in [3.63, 3.8) is 0 Å². The first-order valence-electron chi connectivity index (χ1n) is 6.70. The Morgan fingerprint density at radius 2 is 2.17 bits per heavy atom. The number of hydrogen-bond acceptors (Lipinski definition) is 4. The first kappa shape index (κ1) is 14.7. The lowest BCUT2D eigenvalue weighted by atomic mass is 9.78. The maximum atomic E-state index is 11.8. The van der Waals surface area contributed by atoms with Crippen molar-refractivity contribution in [2.24, 2.45) is 11.8 Å². The molecule has 0 aromatic carbocycles. The van der Waals surface area contributed by atoms with Crippen LogP contribution in [0.1, 0.15) is 46.0 Å². The zero-order valence-electron chi connectivity index (χ0n) is 11.1. The number of aliphatic hydroxyl groups is 1. The van der Waals surface area contributed by atoms with Crippen LogP contribution in [-0.2, 0) is 14.3 Å². The van der Waals surface area contributed by atoms with E-state index in [-0.39, 0.29) is 24.1 Å². The number of unbranched alkanes of at least 4 members (excludes halogenated alkanes) is 2. The molecule has 102 valence electrons. The standard InChI is InChI=1S/C14H22O4/c1-3-5-6-7-10-8-11(15)9-12(16)13(10)14(17)18-4-2/h9-10,13,15H,3-8H2,1-2H3. The van der Waals surface area contributed by atoms with Crippen molar-refractivity contribution in [2.75, 3.05) is 6.61 Å². The van der Waals surface area contributed by atoms with Gasteiger partial charge >= 0.3 is 5.97 Å². The molecule has 2 atom stereocenters. The molecule has 0 saturated carbocycles. The first-order chi connectivity index (χ1) is 8.60. The summed E-state index contributed by atoms with van der Waals surface area (Å²) in [4.78, 5) is 23.6. The summed E-state index contributed by atoms with van der Waals surface area (Å²) in [5, 5.41) is 9.52. The number of allylic oxidation sites excluding steroid dienone is 2. The number of rotatable bonds is 6. The van der Waals surface area contributed by atoms with E-state index in [9.17, 15) is 14.7 Å². The van der Waals surface area contributed by atoms with Gasteiger partial charge in [0.25, 0.3) is 0 Å². The van der Waals surface area contributed by atoms with Gasteiger partial charge in [-0.1, -0.05) is 26.2 Å². The predicted octanol–water partition coefficient (Wildman–Crippen LogP) is 2.78. The van der Waals surface area contributed by atoms with E-state index in [0.717, 1.165) is 31.8 Å². The fourth-order valence-corrected chi connectivity index (χ4v) is 2.40. The lowest BCUT2D eigenvalue weighted by Crippen LogP contribution is -2.35. The minimum absolute atomic E-state index is 0.0852. The maximum Gasteiger partial charge on any atom is 0.317 e. The van der Waals surface area contributed by atoms with Crippen LogP contribution in [0.4, 0.5) is 0 Å². The zero-order chi connectivity index (χ0) is 13.5. The fourth-order valence-electron chi connectivity index (χ4n) is 2.40. The van der Waals surface area contributed by atoms with Crippen molar-refractivity contribution < 1.29 is 19.4 Å². The minimum Gasteiger partial charge on any atom is -0.512 e. The number of aliphatic hydroxyl groups excluding tert-OH is 1. The number of ketones is 1. The van der Waals surface area contributed by atoms with E-state index >= 15 is 0 Å². The third-order valence-electron chi connectivity index (χ3n) is 3.28. The van der Waals surface area contributed by atoms with Crippen LogP contribution in [0.25, 0.3) is 0 Å². The highest BCUT2D eigenvalue weighted by molar-refractivity contribution is 6.06. The molecule has 18 heavy (non-hydrogen) atoms. The van der Waals surface area contributed by atoms with Crippen molar-refractivity contribution >= 4 is 11.8 Å². The number of carbonyl (C=O) groups is 2. The summed E-state index contributed by atoms with van der Waals surface area (Å²) in [6, 6.07) is 0. The summed E-state index contributed by atoms with van der Waals surface area (Å²) < 4.78 is 4.95. The summed E-state index contributed by atoms with van der Waals surface area (Å²) in [6.45, 7) is 4.11. The van der Waals surface area contributed by atoms with Crippen molar-refractivity contribution in [2.45, 2.75) is 46.0 Å². The van der Waals surface area contributed by atoms with Crippen LogP contribution in [0.5, 0.6) is 0 Å². The topological polar surface area (TPSA) is 63.6 Å². The van der Waals surface area contributed by atoms with E-state index in [4.69, 9.17) is 4.74 Å². The molecule has 0 saturated heterocycles. The molecule has 0 aliphatic heterocycles. The van der Waals surface area contributed by atoms with Gasteiger partial charge in [-0.15, -0.1) is 0 Å². The normalized spacial score (nSPS) is 23.7.